The van der Waals surface area contributed by atoms with E-state index in [1.165, 1.54) is 5.56 Å². The van der Waals surface area contributed by atoms with E-state index in [0.717, 1.165) is 12.1 Å². The van der Waals surface area contributed by atoms with Gasteiger partial charge in [0, 0.05) is 29.5 Å². The highest BCUT2D eigenvalue weighted by Crippen LogP contribution is 2.37. The summed E-state index contributed by atoms with van der Waals surface area (Å²) in [6.45, 7) is 4.36. The van der Waals surface area contributed by atoms with Crippen molar-refractivity contribution in [2.75, 3.05) is 17.7 Å². The second-order valence-corrected chi connectivity index (χ2v) is 7.42. The van der Waals surface area contributed by atoms with Crippen molar-refractivity contribution >= 4 is 28.6 Å². The van der Waals surface area contributed by atoms with Gasteiger partial charge in [-0.2, -0.15) is 0 Å². The minimum Gasteiger partial charge on any atom is -0.388 e. The van der Waals surface area contributed by atoms with E-state index in [2.05, 4.69) is 36.6 Å². The Hall–Kier alpha value is -3.40. The number of carbonyl (C=O) groups is 2. The van der Waals surface area contributed by atoms with Crippen LogP contribution in [0.2, 0.25) is 0 Å². The van der Waals surface area contributed by atoms with Crippen molar-refractivity contribution in [3.05, 3.63) is 88.5 Å². The van der Waals surface area contributed by atoms with Gasteiger partial charge in [-0.05, 0) is 42.2 Å². The van der Waals surface area contributed by atoms with Crippen LogP contribution in [0, 0.1) is 0 Å². The Kier molecular flexibility index (Phi) is 4.93. The third kappa shape index (κ3) is 3.21. The van der Waals surface area contributed by atoms with Crippen LogP contribution in [-0.4, -0.2) is 18.6 Å². The molecular formula is C25H24N2O2. The van der Waals surface area contributed by atoms with E-state index in [-0.39, 0.29) is 11.6 Å². The number of benzene rings is 3. The standard InChI is InChI=1S/C25H24N2O2/c1-4-15(2)16-8-7-9-17(14-16)27-21-13-12-20(26-3)22-23(21)25(29)19-11-6-5-10-18(19)24(22)28/h5-15,26-27H,4H2,1-3H3. The number of carbonyl (C=O) groups excluding carboxylic acids is 2. The first kappa shape index (κ1) is 18.9. The quantitative estimate of drug-likeness (QED) is 0.459. The Bertz CT molecular complexity index is 1120. The van der Waals surface area contributed by atoms with Crippen LogP contribution >= 0.6 is 0 Å². The van der Waals surface area contributed by atoms with Crippen LogP contribution in [0.5, 0.6) is 0 Å². The molecule has 3 aromatic carbocycles. The van der Waals surface area contributed by atoms with Gasteiger partial charge in [-0.1, -0.05) is 50.2 Å². The number of rotatable bonds is 5. The second kappa shape index (κ2) is 7.55. The van der Waals surface area contributed by atoms with Gasteiger partial charge in [0.05, 0.1) is 16.8 Å². The van der Waals surface area contributed by atoms with E-state index in [1.807, 2.05) is 24.3 Å². The molecule has 4 rings (SSSR count). The number of hydrogen-bond acceptors (Lipinski definition) is 4. The van der Waals surface area contributed by atoms with E-state index in [9.17, 15) is 9.59 Å². The Balaban J connectivity index is 1.83. The average molecular weight is 384 g/mol. The second-order valence-electron chi connectivity index (χ2n) is 7.42. The zero-order valence-corrected chi connectivity index (χ0v) is 16.9. The summed E-state index contributed by atoms with van der Waals surface area (Å²) in [5.41, 5.74) is 5.22. The van der Waals surface area contributed by atoms with Gasteiger partial charge in [-0.3, -0.25) is 9.59 Å². The molecule has 2 N–H and O–H groups in total. The van der Waals surface area contributed by atoms with Crippen LogP contribution in [0.1, 0.15) is 63.6 Å². The van der Waals surface area contributed by atoms with Crippen molar-refractivity contribution in [1.82, 2.24) is 0 Å². The molecule has 1 unspecified atom stereocenters. The summed E-state index contributed by atoms with van der Waals surface area (Å²) in [4.78, 5) is 26.5. The summed E-state index contributed by atoms with van der Waals surface area (Å²) in [6.07, 6.45) is 1.06. The van der Waals surface area contributed by atoms with Crippen molar-refractivity contribution in [3.8, 4) is 0 Å². The number of hydrogen-bond donors (Lipinski definition) is 2. The fourth-order valence-corrected chi connectivity index (χ4v) is 3.85. The van der Waals surface area contributed by atoms with E-state index in [1.54, 1.807) is 31.3 Å². The molecular weight excluding hydrogens is 360 g/mol. The predicted octanol–water partition coefficient (Wildman–Crippen LogP) is 5.76. The Morgan fingerprint density at radius 2 is 1.45 bits per heavy atom. The minimum absolute atomic E-state index is 0.128. The van der Waals surface area contributed by atoms with Gasteiger partial charge in [0.25, 0.3) is 0 Å². The summed E-state index contributed by atoms with van der Waals surface area (Å²) in [5, 5.41) is 6.44. The van der Waals surface area contributed by atoms with Gasteiger partial charge in [0.1, 0.15) is 0 Å². The minimum atomic E-state index is -0.132. The van der Waals surface area contributed by atoms with Crippen LogP contribution in [-0.2, 0) is 0 Å². The lowest BCUT2D eigenvalue weighted by molar-refractivity contribution is 0.0980. The summed E-state index contributed by atoms with van der Waals surface area (Å²) < 4.78 is 0. The average Bonchev–Trinajstić information content (AvgIpc) is 2.76. The molecule has 0 aliphatic heterocycles. The SMILES string of the molecule is CCC(C)c1cccc(Nc2ccc(NC)c3c2C(=O)c2ccccc2C3=O)c1. The Morgan fingerprint density at radius 1 is 0.828 bits per heavy atom. The molecule has 0 radical (unpaired) electrons. The fraction of sp³-hybridized carbons (Fsp3) is 0.200. The topological polar surface area (TPSA) is 58.2 Å². The molecule has 1 atom stereocenters. The smallest absolute Gasteiger partial charge is 0.196 e. The first-order valence-electron chi connectivity index (χ1n) is 9.95. The first-order valence-corrected chi connectivity index (χ1v) is 9.95. The zero-order valence-electron chi connectivity index (χ0n) is 16.9. The maximum Gasteiger partial charge on any atom is 0.196 e. The van der Waals surface area contributed by atoms with Crippen molar-refractivity contribution in [2.24, 2.45) is 0 Å². The van der Waals surface area contributed by atoms with Crippen LogP contribution in [0.4, 0.5) is 17.1 Å². The maximum atomic E-state index is 13.3. The normalized spacial score (nSPS) is 13.5. The first-order chi connectivity index (χ1) is 14.0. The molecule has 4 nitrogen and oxygen atoms in total. The van der Waals surface area contributed by atoms with E-state index < -0.39 is 0 Å². The summed E-state index contributed by atoms with van der Waals surface area (Å²) >= 11 is 0. The monoisotopic (exact) mass is 384 g/mol. The lowest BCUT2D eigenvalue weighted by Crippen LogP contribution is -2.23. The predicted molar refractivity (Wildman–Crippen MR) is 118 cm³/mol. The highest BCUT2D eigenvalue weighted by molar-refractivity contribution is 6.32. The van der Waals surface area contributed by atoms with Crippen molar-refractivity contribution in [1.29, 1.82) is 0 Å². The molecule has 4 heteroatoms. The molecule has 0 fully saturated rings. The molecule has 0 bridgehead atoms. The summed E-state index contributed by atoms with van der Waals surface area (Å²) in [6, 6.07) is 18.9. The molecule has 0 saturated carbocycles. The summed E-state index contributed by atoms with van der Waals surface area (Å²) in [7, 11) is 1.76. The van der Waals surface area contributed by atoms with E-state index in [0.29, 0.717) is 39.5 Å². The van der Waals surface area contributed by atoms with Crippen LogP contribution < -0.4 is 10.6 Å². The van der Waals surface area contributed by atoms with Gasteiger partial charge in [-0.25, -0.2) is 0 Å². The number of fused-ring (bicyclic) bond motifs is 2. The zero-order chi connectivity index (χ0) is 20.5. The van der Waals surface area contributed by atoms with Crippen LogP contribution in [0.25, 0.3) is 0 Å². The van der Waals surface area contributed by atoms with Crippen LogP contribution in [0.3, 0.4) is 0 Å². The molecule has 1 aliphatic rings. The molecule has 1 aliphatic carbocycles. The van der Waals surface area contributed by atoms with E-state index in [4.69, 9.17) is 0 Å². The molecule has 0 spiro atoms. The molecule has 3 aromatic rings. The highest BCUT2D eigenvalue weighted by atomic mass is 16.1. The van der Waals surface area contributed by atoms with Crippen molar-refractivity contribution < 1.29 is 9.59 Å². The third-order valence-corrected chi connectivity index (χ3v) is 5.69. The lowest BCUT2D eigenvalue weighted by atomic mass is 9.82. The van der Waals surface area contributed by atoms with Gasteiger partial charge in [0.2, 0.25) is 0 Å². The van der Waals surface area contributed by atoms with Gasteiger partial charge in [-0.15, -0.1) is 0 Å². The molecule has 0 saturated heterocycles. The largest absolute Gasteiger partial charge is 0.388 e. The molecule has 29 heavy (non-hydrogen) atoms. The fourth-order valence-electron chi connectivity index (χ4n) is 3.85. The van der Waals surface area contributed by atoms with Gasteiger partial charge in [0.15, 0.2) is 11.6 Å². The van der Waals surface area contributed by atoms with Gasteiger partial charge < -0.3 is 10.6 Å². The number of nitrogens with one attached hydrogen (secondary N) is 2. The Morgan fingerprint density at radius 3 is 2.07 bits per heavy atom. The lowest BCUT2D eigenvalue weighted by Gasteiger charge is -2.23. The van der Waals surface area contributed by atoms with Crippen molar-refractivity contribution in [3.63, 3.8) is 0 Å². The summed E-state index contributed by atoms with van der Waals surface area (Å²) in [5.74, 6) is 0.192. The third-order valence-electron chi connectivity index (χ3n) is 5.69. The van der Waals surface area contributed by atoms with E-state index >= 15 is 0 Å². The molecule has 146 valence electrons. The maximum absolute atomic E-state index is 13.3. The highest BCUT2D eigenvalue weighted by Gasteiger charge is 2.33. The number of anilines is 3. The van der Waals surface area contributed by atoms with Gasteiger partial charge >= 0.3 is 0 Å². The molecule has 0 amide bonds. The number of ketones is 2. The van der Waals surface area contributed by atoms with Crippen LogP contribution in [0.15, 0.2) is 60.7 Å². The van der Waals surface area contributed by atoms with Crippen molar-refractivity contribution in [2.45, 2.75) is 26.2 Å². The molecule has 0 aromatic heterocycles. The Labute approximate surface area is 171 Å². The molecule has 0 heterocycles.